The van der Waals surface area contributed by atoms with Crippen LogP contribution in [0.15, 0.2) is 18.2 Å². The van der Waals surface area contributed by atoms with Gasteiger partial charge in [-0.05, 0) is 38.8 Å². The Hall–Kier alpha value is -1.60. The number of carbonyl (C=O) groups is 1. The summed E-state index contributed by atoms with van der Waals surface area (Å²) in [6.45, 7) is 22.4. The number of carbonyl (C=O) groups excluding carboxylic acids is 1. The van der Waals surface area contributed by atoms with Crippen molar-refractivity contribution in [3.8, 4) is 0 Å². The zero-order valence-electron chi connectivity index (χ0n) is 14.2. The fourth-order valence-electron chi connectivity index (χ4n) is 2.00. The number of rotatable bonds is 4. The molecule has 1 aromatic rings. The Kier molecular flexibility index (Phi) is 24.6. The average Bonchev–Trinajstić information content (AvgIpc) is 2.60. The monoisotopic (exact) mass is 371 g/mol. The van der Waals surface area contributed by atoms with Gasteiger partial charge in [0.15, 0.2) is 0 Å². The molecular weight excluding hydrogens is 350 g/mol. The summed E-state index contributed by atoms with van der Waals surface area (Å²) >= 11 is 0. The Bertz CT molecular complexity index is 505. The van der Waals surface area contributed by atoms with Crippen LogP contribution in [0.5, 0.6) is 0 Å². The standard InChI is InChI=1S/C14H21NO2.3CO.Cr/c1-5-15(6-2)14(17)13-10(3)8-7-9-12(13)11(4)16;3*1-2;/h7-9,11,16H,5-6H2,1-4H3;;;;/t11-;;;;/m1..../s1. The van der Waals surface area contributed by atoms with E-state index < -0.39 is 6.10 Å². The van der Waals surface area contributed by atoms with Crippen LogP contribution >= 0.6 is 0 Å². The topological polar surface area (TPSA) is 100 Å². The molecule has 0 aromatic heterocycles. The first kappa shape index (κ1) is 30.3. The molecule has 130 valence electrons. The maximum Gasteiger partial charge on any atom is 0 e. The SMILES string of the molecule is CCN(CC)C(=O)c1c(C)cccc1[C@@H](C)O.[C-]#[O+].[C-]#[O+].[C-]#[O+].[Cr]. The number of aliphatic hydroxyl groups excluding tert-OH is 1. The van der Waals surface area contributed by atoms with E-state index in [-0.39, 0.29) is 23.3 Å². The number of aryl methyl sites for hydroxylation is 1. The molecule has 1 rings (SSSR count). The molecule has 0 saturated carbocycles. The average molecular weight is 371 g/mol. The first-order chi connectivity index (χ1) is 11.0. The summed E-state index contributed by atoms with van der Waals surface area (Å²) in [6.07, 6.45) is -0.621. The molecule has 7 heteroatoms. The van der Waals surface area contributed by atoms with Gasteiger partial charge < -0.3 is 10.0 Å². The molecule has 0 saturated heterocycles. The fraction of sp³-hybridized carbons (Fsp3) is 0.412. The van der Waals surface area contributed by atoms with Crippen molar-refractivity contribution in [3.63, 3.8) is 0 Å². The number of aliphatic hydroxyl groups is 1. The second-order valence-electron chi connectivity index (χ2n) is 4.19. The molecule has 0 fully saturated rings. The van der Waals surface area contributed by atoms with Gasteiger partial charge in [0.1, 0.15) is 0 Å². The van der Waals surface area contributed by atoms with E-state index in [4.69, 9.17) is 14.0 Å². The van der Waals surface area contributed by atoms with Gasteiger partial charge in [0, 0.05) is 36.0 Å². The van der Waals surface area contributed by atoms with Crippen LogP contribution in [-0.2, 0) is 31.3 Å². The number of hydrogen-bond donors (Lipinski definition) is 1. The summed E-state index contributed by atoms with van der Waals surface area (Å²) in [5.41, 5.74) is 2.27. The van der Waals surface area contributed by atoms with Crippen molar-refractivity contribution < 1.29 is 41.2 Å². The first-order valence-corrected chi connectivity index (χ1v) is 6.71. The van der Waals surface area contributed by atoms with Gasteiger partial charge in [-0.15, -0.1) is 0 Å². The van der Waals surface area contributed by atoms with Gasteiger partial charge in [0.25, 0.3) is 5.91 Å². The van der Waals surface area contributed by atoms with Crippen LogP contribution in [0.1, 0.15) is 48.4 Å². The van der Waals surface area contributed by atoms with Crippen LogP contribution in [0.3, 0.4) is 0 Å². The summed E-state index contributed by atoms with van der Waals surface area (Å²) in [6, 6.07) is 5.59. The van der Waals surface area contributed by atoms with Crippen LogP contribution in [0.25, 0.3) is 0 Å². The molecular formula is C17H21CrNO5. The molecule has 1 N–H and O–H groups in total. The predicted octanol–water partition coefficient (Wildman–Crippen LogP) is 2.42. The van der Waals surface area contributed by atoms with Crippen LogP contribution in [-0.4, -0.2) is 29.0 Å². The second kappa shape index (κ2) is 19.4. The molecule has 24 heavy (non-hydrogen) atoms. The van der Waals surface area contributed by atoms with E-state index in [2.05, 4.69) is 20.0 Å². The van der Waals surface area contributed by atoms with Crippen LogP contribution in [0.2, 0.25) is 0 Å². The third-order valence-electron chi connectivity index (χ3n) is 3.02. The normalized spacial score (nSPS) is 8.96. The Morgan fingerprint density at radius 1 is 1.12 bits per heavy atom. The molecule has 0 aliphatic carbocycles. The Labute approximate surface area is 154 Å². The fourth-order valence-corrected chi connectivity index (χ4v) is 2.00. The number of hydrogen-bond acceptors (Lipinski definition) is 2. The number of benzene rings is 1. The van der Waals surface area contributed by atoms with E-state index in [0.29, 0.717) is 24.2 Å². The summed E-state index contributed by atoms with van der Waals surface area (Å²) in [5, 5.41) is 9.73. The third-order valence-corrected chi connectivity index (χ3v) is 3.02. The maximum atomic E-state index is 12.4. The molecule has 1 amide bonds. The van der Waals surface area contributed by atoms with E-state index in [0.717, 1.165) is 5.56 Å². The van der Waals surface area contributed by atoms with E-state index in [1.54, 1.807) is 11.8 Å². The maximum absolute atomic E-state index is 12.4. The Balaban J connectivity index is -0.000000256. The number of nitrogens with zero attached hydrogens (tertiary/aromatic N) is 1. The smallest absolute Gasteiger partial charge is 0 e. The van der Waals surface area contributed by atoms with E-state index in [1.165, 1.54) is 0 Å². The van der Waals surface area contributed by atoms with Crippen molar-refractivity contribution in [2.75, 3.05) is 13.1 Å². The first-order valence-electron chi connectivity index (χ1n) is 6.71. The van der Waals surface area contributed by atoms with Gasteiger partial charge in [-0.1, -0.05) is 18.2 Å². The minimum absolute atomic E-state index is 0. The zero-order chi connectivity index (χ0) is 19.0. The van der Waals surface area contributed by atoms with Crippen LogP contribution in [0, 0.1) is 26.9 Å². The van der Waals surface area contributed by atoms with Crippen LogP contribution in [0.4, 0.5) is 0 Å². The summed E-state index contributed by atoms with van der Waals surface area (Å²) in [7, 11) is 0. The van der Waals surface area contributed by atoms with Gasteiger partial charge in [-0.25, -0.2) is 0 Å². The van der Waals surface area contributed by atoms with Crippen molar-refractivity contribution in [2.45, 2.75) is 33.8 Å². The van der Waals surface area contributed by atoms with Crippen molar-refractivity contribution in [3.05, 3.63) is 54.8 Å². The number of amides is 1. The molecule has 6 nitrogen and oxygen atoms in total. The van der Waals surface area contributed by atoms with Crippen molar-refractivity contribution in [2.24, 2.45) is 0 Å². The molecule has 0 aliphatic rings. The Morgan fingerprint density at radius 2 is 1.54 bits per heavy atom. The predicted molar refractivity (Wildman–Crippen MR) is 80.9 cm³/mol. The van der Waals surface area contributed by atoms with Crippen molar-refractivity contribution in [1.29, 1.82) is 0 Å². The molecule has 0 unspecified atom stereocenters. The quantitative estimate of drug-likeness (QED) is 0.649. The molecule has 1 atom stereocenters. The van der Waals surface area contributed by atoms with E-state index >= 15 is 0 Å². The summed E-state index contributed by atoms with van der Waals surface area (Å²) < 4.78 is 22.5. The van der Waals surface area contributed by atoms with Crippen molar-refractivity contribution >= 4 is 5.91 Å². The van der Waals surface area contributed by atoms with Gasteiger partial charge in [-0.3, -0.25) is 4.79 Å². The largest absolute Gasteiger partial charge is 0 e. The third kappa shape index (κ3) is 9.52. The van der Waals surface area contributed by atoms with E-state index in [9.17, 15) is 9.90 Å². The molecule has 0 bridgehead atoms. The van der Waals surface area contributed by atoms with Gasteiger partial charge >= 0.3 is 33.9 Å². The molecule has 0 aliphatic heterocycles. The minimum atomic E-state index is -0.621. The molecule has 1 aromatic carbocycles. The zero-order valence-corrected chi connectivity index (χ0v) is 15.4. The van der Waals surface area contributed by atoms with Gasteiger partial charge in [-0.2, -0.15) is 0 Å². The van der Waals surface area contributed by atoms with Gasteiger partial charge in [0.2, 0.25) is 0 Å². The van der Waals surface area contributed by atoms with Crippen LogP contribution < -0.4 is 0 Å². The summed E-state index contributed by atoms with van der Waals surface area (Å²) in [4.78, 5) is 14.1. The van der Waals surface area contributed by atoms with Gasteiger partial charge in [0.05, 0.1) is 6.10 Å². The summed E-state index contributed by atoms with van der Waals surface area (Å²) in [5.74, 6) is 0.00370. The molecule has 0 spiro atoms. The van der Waals surface area contributed by atoms with Crippen molar-refractivity contribution in [1.82, 2.24) is 4.90 Å². The Morgan fingerprint density at radius 3 is 1.88 bits per heavy atom. The molecule has 0 heterocycles. The second-order valence-corrected chi connectivity index (χ2v) is 4.19. The van der Waals surface area contributed by atoms with E-state index in [1.807, 2.05) is 39.0 Å². The molecule has 0 radical (unpaired) electrons. The minimum Gasteiger partial charge on any atom is 0 e.